The van der Waals surface area contributed by atoms with Gasteiger partial charge in [0.25, 0.3) is 0 Å². The topological polar surface area (TPSA) is 89.9 Å². The minimum atomic E-state index is -1.12. The zero-order valence-electron chi connectivity index (χ0n) is 12.6. The quantitative estimate of drug-likeness (QED) is 0.554. The molecule has 1 saturated heterocycles. The van der Waals surface area contributed by atoms with E-state index in [9.17, 15) is 19.8 Å². The molecule has 0 aliphatic carbocycles. The number of carboxylic acid groups (broad SMARTS) is 1. The van der Waals surface area contributed by atoms with Gasteiger partial charge in [-0.2, -0.15) is 0 Å². The van der Waals surface area contributed by atoms with Gasteiger partial charge in [0, 0.05) is 7.05 Å². The average Bonchev–Trinajstić information content (AvgIpc) is 3.08. The lowest BCUT2D eigenvalue weighted by atomic mass is 9.82. The van der Waals surface area contributed by atoms with Crippen molar-refractivity contribution in [2.75, 3.05) is 7.05 Å². The van der Waals surface area contributed by atoms with E-state index in [0.717, 1.165) is 10.4 Å². The van der Waals surface area contributed by atoms with Gasteiger partial charge in [-0.3, -0.25) is 4.79 Å². The molecule has 0 spiro atoms. The fourth-order valence-electron chi connectivity index (χ4n) is 3.26. The van der Waals surface area contributed by atoms with Gasteiger partial charge in [-0.15, -0.1) is 11.3 Å². The Morgan fingerprint density at radius 3 is 2.83 bits per heavy atom. The van der Waals surface area contributed by atoms with Crippen molar-refractivity contribution in [3.05, 3.63) is 27.6 Å². The molecule has 0 bridgehead atoms. The predicted molar refractivity (Wildman–Crippen MR) is 90.1 cm³/mol. The Hall–Kier alpha value is -1.77. The Labute approximate surface area is 142 Å². The summed E-state index contributed by atoms with van der Waals surface area (Å²) in [7, 11) is 1.73. The van der Waals surface area contributed by atoms with Gasteiger partial charge in [-0.1, -0.05) is 12.2 Å². The van der Waals surface area contributed by atoms with Gasteiger partial charge in [0.15, 0.2) is 0 Å². The maximum Gasteiger partial charge on any atom is 0.352 e. The van der Waals surface area contributed by atoms with Crippen molar-refractivity contribution in [3.63, 3.8) is 0 Å². The van der Waals surface area contributed by atoms with Crippen molar-refractivity contribution < 1.29 is 19.8 Å². The molecule has 122 valence electrons. The van der Waals surface area contributed by atoms with Crippen LogP contribution in [0.3, 0.4) is 0 Å². The number of hydrogen-bond acceptors (Lipinski definition) is 5. The number of aliphatic hydroxyl groups is 1. The summed E-state index contributed by atoms with van der Waals surface area (Å²) in [5.74, 6) is -1.97. The van der Waals surface area contributed by atoms with Crippen LogP contribution < -0.4 is 5.32 Å². The first-order chi connectivity index (χ1) is 10.9. The third kappa shape index (κ3) is 2.37. The molecule has 23 heavy (non-hydrogen) atoms. The Morgan fingerprint density at radius 2 is 2.26 bits per heavy atom. The molecule has 2 aliphatic heterocycles. The Bertz CT molecular complexity index is 738. The van der Waals surface area contributed by atoms with Gasteiger partial charge >= 0.3 is 5.97 Å². The fraction of sp³-hybridized carbons (Fsp3) is 0.400. The van der Waals surface area contributed by atoms with Crippen molar-refractivity contribution >= 4 is 46.0 Å². The number of carbonyl (C=O) groups is 2. The zero-order chi connectivity index (χ0) is 16.9. The molecule has 0 saturated carbocycles. The average molecular weight is 352 g/mol. The lowest BCUT2D eigenvalue weighted by molar-refractivity contribution is -0.161. The molecule has 3 unspecified atom stereocenters. The molecule has 8 heteroatoms. The summed E-state index contributed by atoms with van der Waals surface area (Å²) in [4.78, 5) is 26.6. The van der Waals surface area contributed by atoms with Gasteiger partial charge < -0.3 is 20.4 Å². The van der Waals surface area contributed by atoms with Gasteiger partial charge in [-0.25, -0.2) is 4.79 Å². The van der Waals surface area contributed by atoms with Crippen LogP contribution in [0.5, 0.6) is 0 Å². The highest BCUT2D eigenvalue weighted by molar-refractivity contribution is 7.81. The number of thiophene rings is 1. The Morgan fingerprint density at radius 1 is 1.57 bits per heavy atom. The molecule has 6 nitrogen and oxygen atoms in total. The first-order valence-corrected chi connectivity index (χ1v) is 8.44. The number of rotatable bonds is 4. The lowest BCUT2D eigenvalue weighted by Crippen LogP contribution is -2.61. The SMILES string of the molecule is CNC(=S)c1cc(C2=C(C(=O)O)N3C(=O)C(C(C)O)C3C2)cs1. The number of amides is 1. The molecule has 3 atom stereocenters. The van der Waals surface area contributed by atoms with E-state index >= 15 is 0 Å². The minimum Gasteiger partial charge on any atom is -0.477 e. The molecule has 1 aromatic heterocycles. The third-order valence-electron chi connectivity index (χ3n) is 4.33. The van der Waals surface area contributed by atoms with E-state index in [2.05, 4.69) is 5.32 Å². The molecule has 2 aliphatic rings. The molecule has 0 radical (unpaired) electrons. The number of nitrogens with zero attached hydrogens (tertiary/aromatic N) is 1. The number of aliphatic carboxylic acids is 1. The fourth-order valence-corrected chi connectivity index (χ4v) is 4.34. The monoisotopic (exact) mass is 352 g/mol. The third-order valence-corrected chi connectivity index (χ3v) is 5.83. The van der Waals surface area contributed by atoms with Crippen LogP contribution in [-0.4, -0.2) is 51.2 Å². The second-order valence-corrected chi connectivity index (χ2v) is 6.98. The van der Waals surface area contributed by atoms with Crippen molar-refractivity contribution in [2.45, 2.75) is 25.5 Å². The maximum absolute atomic E-state index is 12.2. The first kappa shape index (κ1) is 16.1. The van der Waals surface area contributed by atoms with Gasteiger partial charge in [0.2, 0.25) is 5.91 Å². The van der Waals surface area contributed by atoms with Gasteiger partial charge in [0.05, 0.1) is 22.9 Å². The van der Waals surface area contributed by atoms with E-state index in [0.29, 0.717) is 17.0 Å². The summed E-state index contributed by atoms with van der Waals surface area (Å²) in [5.41, 5.74) is 1.42. The van der Waals surface area contributed by atoms with Crippen molar-refractivity contribution in [1.29, 1.82) is 0 Å². The second-order valence-electron chi connectivity index (χ2n) is 5.66. The highest BCUT2D eigenvalue weighted by atomic mass is 32.1. The molecule has 1 amide bonds. The number of carboxylic acids is 1. The smallest absolute Gasteiger partial charge is 0.352 e. The molecule has 1 aromatic rings. The molecular weight excluding hydrogens is 336 g/mol. The van der Waals surface area contributed by atoms with E-state index in [-0.39, 0.29) is 17.6 Å². The number of hydrogen-bond donors (Lipinski definition) is 3. The standard InChI is InChI=1S/C15H16N2O4S2/c1-6(18)11-9-4-8(12(15(20)21)17(9)14(11)19)7-3-10(23-5-7)13(22)16-2/h3,5-6,9,11,18H,4H2,1-2H3,(H,16,22)(H,20,21). The van der Waals surface area contributed by atoms with Crippen LogP contribution in [-0.2, 0) is 9.59 Å². The van der Waals surface area contributed by atoms with Crippen LogP contribution in [0.15, 0.2) is 17.1 Å². The maximum atomic E-state index is 12.2. The van der Waals surface area contributed by atoms with Crippen LogP contribution in [0.2, 0.25) is 0 Å². The second kappa shape index (κ2) is 5.70. The molecule has 1 fully saturated rings. The molecule has 3 rings (SSSR count). The number of β-lactam (4-membered cyclic amide) rings is 1. The first-order valence-electron chi connectivity index (χ1n) is 7.15. The summed E-state index contributed by atoms with van der Waals surface area (Å²) >= 11 is 6.62. The number of fused-ring (bicyclic) bond motifs is 1. The summed E-state index contributed by atoms with van der Waals surface area (Å²) in [6.07, 6.45) is -0.348. The van der Waals surface area contributed by atoms with Gasteiger partial charge in [0.1, 0.15) is 10.7 Å². The summed E-state index contributed by atoms with van der Waals surface area (Å²) < 4.78 is 0. The Balaban J connectivity index is 1.98. The number of aliphatic hydroxyl groups excluding tert-OH is 1. The predicted octanol–water partition coefficient (Wildman–Crippen LogP) is 1.05. The number of thiocarbonyl (C=S) groups is 1. The normalized spacial score (nSPS) is 24.3. The van der Waals surface area contributed by atoms with E-state index in [1.54, 1.807) is 14.0 Å². The summed E-state index contributed by atoms with van der Waals surface area (Å²) in [6.45, 7) is 1.56. The van der Waals surface area contributed by atoms with E-state index in [4.69, 9.17) is 12.2 Å². The van der Waals surface area contributed by atoms with E-state index in [1.165, 1.54) is 16.2 Å². The van der Waals surface area contributed by atoms with Crippen LogP contribution in [0.25, 0.3) is 5.57 Å². The van der Waals surface area contributed by atoms with Crippen molar-refractivity contribution in [2.24, 2.45) is 5.92 Å². The highest BCUT2D eigenvalue weighted by Gasteiger charge is 2.56. The lowest BCUT2D eigenvalue weighted by Gasteiger charge is -2.44. The summed E-state index contributed by atoms with van der Waals surface area (Å²) in [6, 6.07) is 1.57. The van der Waals surface area contributed by atoms with Crippen molar-refractivity contribution in [3.8, 4) is 0 Å². The largest absolute Gasteiger partial charge is 0.477 e. The van der Waals surface area contributed by atoms with Gasteiger partial charge in [-0.05, 0) is 35.9 Å². The molecule has 3 N–H and O–H groups in total. The minimum absolute atomic E-state index is 0.0247. The van der Waals surface area contributed by atoms with E-state index in [1.807, 2.05) is 11.4 Å². The van der Waals surface area contributed by atoms with Crippen LogP contribution >= 0.6 is 23.6 Å². The molecular formula is C15H16N2O4S2. The number of nitrogens with one attached hydrogen (secondary N) is 1. The highest BCUT2D eigenvalue weighted by Crippen LogP contribution is 2.47. The molecule has 0 aromatic carbocycles. The van der Waals surface area contributed by atoms with Crippen LogP contribution in [0.4, 0.5) is 0 Å². The zero-order valence-corrected chi connectivity index (χ0v) is 14.2. The number of carbonyl (C=O) groups excluding carboxylic acids is 1. The molecule has 3 heterocycles. The van der Waals surface area contributed by atoms with Crippen LogP contribution in [0, 0.1) is 5.92 Å². The van der Waals surface area contributed by atoms with Crippen LogP contribution in [0.1, 0.15) is 23.8 Å². The summed E-state index contributed by atoms with van der Waals surface area (Å²) in [5, 5.41) is 24.0. The Kier molecular flexibility index (Phi) is 3.99. The van der Waals surface area contributed by atoms with E-state index < -0.39 is 18.0 Å². The van der Waals surface area contributed by atoms with Crippen molar-refractivity contribution in [1.82, 2.24) is 10.2 Å².